The third-order valence-electron chi connectivity index (χ3n) is 3.68. The molecule has 3 rings (SSSR count). The minimum Gasteiger partial charge on any atom is -0.369 e. The van der Waals surface area contributed by atoms with Crippen LogP contribution in [-0.4, -0.2) is 30.0 Å². The first-order chi connectivity index (χ1) is 11.7. The number of nitrogens with one attached hydrogen (secondary N) is 1. The molecule has 1 aliphatic rings. The fourth-order valence-electron chi connectivity index (χ4n) is 2.57. The zero-order valence-electron chi connectivity index (χ0n) is 13.4. The third-order valence-corrected chi connectivity index (χ3v) is 3.68. The van der Waals surface area contributed by atoms with E-state index in [0.717, 1.165) is 30.3 Å². The van der Waals surface area contributed by atoms with E-state index in [-0.39, 0.29) is 11.9 Å². The van der Waals surface area contributed by atoms with E-state index in [9.17, 15) is 0 Å². The maximum atomic E-state index is 5.91. The number of guanidine groups is 2. The first kappa shape index (κ1) is 15.8. The van der Waals surface area contributed by atoms with Gasteiger partial charge in [-0.3, -0.25) is 0 Å². The number of para-hydroxylation sites is 1. The van der Waals surface area contributed by atoms with E-state index in [2.05, 4.69) is 25.2 Å². The maximum absolute atomic E-state index is 5.91. The Kier molecular flexibility index (Phi) is 4.90. The van der Waals surface area contributed by atoms with Crippen molar-refractivity contribution >= 4 is 29.1 Å². The number of pyridine rings is 1. The van der Waals surface area contributed by atoms with E-state index in [0.29, 0.717) is 0 Å². The van der Waals surface area contributed by atoms with E-state index < -0.39 is 0 Å². The van der Waals surface area contributed by atoms with Gasteiger partial charge in [0, 0.05) is 31.0 Å². The molecule has 0 aliphatic carbocycles. The van der Waals surface area contributed by atoms with E-state index in [1.807, 2.05) is 42.5 Å². The first-order valence-corrected chi connectivity index (χ1v) is 7.92. The monoisotopic (exact) mass is 323 g/mol. The van der Waals surface area contributed by atoms with Crippen LogP contribution in [0, 0.1) is 0 Å². The Balaban J connectivity index is 1.68. The van der Waals surface area contributed by atoms with Crippen LogP contribution < -0.4 is 21.7 Å². The summed E-state index contributed by atoms with van der Waals surface area (Å²) in [6, 6.07) is 13.2. The van der Waals surface area contributed by atoms with E-state index in [4.69, 9.17) is 11.5 Å². The molecule has 0 saturated carbocycles. The molecule has 1 fully saturated rings. The Morgan fingerprint density at radius 1 is 1.08 bits per heavy atom. The zero-order chi connectivity index (χ0) is 16.8. The number of nitrogens with two attached hydrogens (primary N) is 2. The summed E-state index contributed by atoms with van der Waals surface area (Å²) in [6.45, 7) is 2.08. The Hall–Kier alpha value is -3.09. The largest absolute Gasteiger partial charge is 0.369 e. The van der Waals surface area contributed by atoms with Crippen molar-refractivity contribution in [1.82, 2.24) is 4.98 Å². The predicted molar refractivity (Wildman–Crippen MR) is 98.7 cm³/mol. The summed E-state index contributed by atoms with van der Waals surface area (Å²) in [7, 11) is 0. The Morgan fingerprint density at radius 2 is 1.83 bits per heavy atom. The zero-order valence-corrected chi connectivity index (χ0v) is 13.4. The van der Waals surface area contributed by atoms with Crippen molar-refractivity contribution in [3.63, 3.8) is 0 Å². The van der Waals surface area contributed by atoms with Crippen molar-refractivity contribution in [2.75, 3.05) is 23.3 Å². The van der Waals surface area contributed by atoms with Gasteiger partial charge in [0.1, 0.15) is 5.82 Å². The van der Waals surface area contributed by atoms with Crippen LogP contribution in [0.1, 0.15) is 12.8 Å². The Bertz CT molecular complexity index is 734. The number of hydrogen-bond acceptors (Lipinski definition) is 3. The van der Waals surface area contributed by atoms with Gasteiger partial charge in [-0.2, -0.15) is 4.99 Å². The third kappa shape index (κ3) is 4.22. The number of benzene rings is 1. The van der Waals surface area contributed by atoms with Crippen molar-refractivity contribution in [2.45, 2.75) is 12.8 Å². The predicted octanol–water partition coefficient (Wildman–Crippen LogP) is 2.05. The minimum absolute atomic E-state index is 0.0972. The molecule has 1 saturated heterocycles. The minimum atomic E-state index is 0.0972. The lowest BCUT2D eigenvalue weighted by molar-refractivity contribution is 0.938. The fraction of sp³-hybridized carbons (Fsp3) is 0.235. The fourth-order valence-corrected chi connectivity index (χ4v) is 2.57. The molecular weight excluding hydrogens is 302 g/mol. The second kappa shape index (κ2) is 7.45. The lowest BCUT2D eigenvalue weighted by Gasteiger charge is -2.17. The molecule has 1 aromatic carbocycles. The average Bonchev–Trinajstić information content (AvgIpc) is 3.10. The van der Waals surface area contributed by atoms with Gasteiger partial charge >= 0.3 is 0 Å². The van der Waals surface area contributed by atoms with Gasteiger partial charge in [0.25, 0.3) is 0 Å². The summed E-state index contributed by atoms with van der Waals surface area (Å²) < 4.78 is 0. The van der Waals surface area contributed by atoms with Crippen LogP contribution in [0.25, 0.3) is 0 Å². The highest BCUT2D eigenvalue weighted by atomic mass is 15.2. The van der Waals surface area contributed by atoms with Gasteiger partial charge in [0.15, 0.2) is 0 Å². The van der Waals surface area contributed by atoms with E-state index in [1.165, 1.54) is 12.8 Å². The van der Waals surface area contributed by atoms with Crippen LogP contribution in [0.3, 0.4) is 0 Å². The molecule has 7 heteroatoms. The van der Waals surface area contributed by atoms with Gasteiger partial charge < -0.3 is 21.7 Å². The molecule has 2 heterocycles. The molecule has 124 valence electrons. The molecule has 0 atom stereocenters. The number of aromatic nitrogens is 1. The molecule has 2 aromatic rings. The quantitative estimate of drug-likeness (QED) is 0.592. The van der Waals surface area contributed by atoms with Gasteiger partial charge in [-0.25, -0.2) is 9.98 Å². The van der Waals surface area contributed by atoms with Crippen molar-refractivity contribution in [2.24, 2.45) is 21.5 Å². The van der Waals surface area contributed by atoms with Crippen LogP contribution in [0.4, 0.5) is 17.2 Å². The Morgan fingerprint density at radius 3 is 2.58 bits per heavy atom. The first-order valence-electron chi connectivity index (χ1n) is 7.92. The molecule has 1 aliphatic heterocycles. The smallest absolute Gasteiger partial charge is 0.223 e. The topological polar surface area (TPSA) is 105 Å². The number of hydrogen-bond donors (Lipinski definition) is 3. The summed E-state index contributed by atoms with van der Waals surface area (Å²) in [5.74, 6) is 1.22. The van der Waals surface area contributed by atoms with Gasteiger partial charge in [0.2, 0.25) is 11.9 Å². The molecule has 5 N–H and O–H groups in total. The van der Waals surface area contributed by atoms with Gasteiger partial charge in [-0.05, 0) is 31.0 Å². The summed E-state index contributed by atoms with van der Waals surface area (Å²) in [5.41, 5.74) is 13.3. The van der Waals surface area contributed by atoms with Crippen molar-refractivity contribution in [3.05, 3.63) is 48.7 Å². The maximum Gasteiger partial charge on any atom is 0.223 e. The van der Waals surface area contributed by atoms with Gasteiger partial charge in [-0.1, -0.05) is 18.2 Å². The van der Waals surface area contributed by atoms with Crippen LogP contribution in [0.2, 0.25) is 0 Å². The second-order valence-electron chi connectivity index (χ2n) is 5.52. The van der Waals surface area contributed by atoms with Crippen molar-refractivity contribution < 1.29 is 0 Å². The van der Waals surface area contributed by atoms with Crippen LogP contribution >= 0.6 is 0 Å². The number of anilines is 2. The Labute approximate surface area is 141 Å². The summed E-state index contributed by atoms with van der Waals surface area (Å²) in [5, 5.41) is 3.02. The SMILES string of the molecule is NC(=Nc1ccccc1)N=C(N)Nc1ccnc(N2CCCC2)c1. The summed E-state index contributed by atoms with van der Waals surface area (Å²) >= 11 is 0. The van der Waals surface area contributed by atoms with Crippen molar-refractivity contribution in [3.8, 4) is 0 Å². The second-order valence-corrected chi connectivity index (χ2v) is 5.52. The standard InChI is InChI=1S/C17H21N7/c18-16(21-13-6-2-1-3-7-13)23-17(19)22-14-8-9-20-15(12-14)24-10-4-5-11-24/h1-3,6-9,12H,4-5,10-11H2,(H5,18,19,20,21,22,23). The number of aliphatic imine (C=N–C) groups is 2. The molecule has 0 amide bonds. The summed E-state index contributed by atoms with van der Waals surface area (Å²) in [4.78, 5) is 14.9. The van der Waals surface area contributed by atoms with E-state index >= 15 is 0 Å². The molecule has 0 radical (unpaired) electrons. The number of rotatable bonds is 3. The van der Waals surface area contributed by atoms with Gasteiger partial charge in [-0.15, -0.1) is 0 Å². The van der Waals surface area contributed by atoms with Gasteiger partial charge in [0.05, 0.1) is 5.69 Å². The van der Waals surface area contributed by atoms with Crippen LogP contribution in [-0.2, 0) is 0 Å². The molecule has 0 spiro atoms. The highest BCUT2D eigenvalue weighted by Gasteiger charge is 2.13. The molecule has 0 bridgehead atoms. The lowest BCUT2D eigenvalue weighted by Crippen LogP contribution is -2.26. The highest BCUT2D eigenvalue weighted by molar-refractivity contribution is 6.01. The molecule has 7 nitrogen and oxygen atoms in total. The highest BCUT2D eigenvalue weighted by Crippen LogP contribution is 2.20. The van der Waals surface area contributed by atoms with Crippen LogP contribution in [0.15, 0.2) is 58.6 Å². The average molecular weight is 323 g/mol. The normalized spacial score (nSPS) is 15.6. The molecule has 1 aromatic heterocycles. The molecular formula is C17H21N7. The van der Waals surface area contributed by atoms with E-state index in [1.54, 1.807) is 6.20 Å². The number of nitrogens with zero attached hydrogens (tertiary/aromatic N) is 4. The lowest BCUT2D eigenvalue weighted by atomic mass is 10.3. The molecule has 0 unspecified atom stereocenters. The summed E-state index contributed by atoms with van der Waals surface area (Å²) in [6.07, 6.45) is 4.16. The molecule has 24 heavy (non-hydrogen) atoms. The van der Waals surface area contributed by atoms with Crippen molar-refractivity contribution in [1.29, 1.82) is 0 Å². The van der Waals surface area contributed by atoms with Crippen LogP contribution in [0.5, 0.6) is 0 Å².